The van der Waals surface area contributed by atoms with Gasteiger partial charge in [0.05, 0.1) is 0 Å². The van der Waals surface area contributed by atoms with Gasteiger partial charge in [-0.05, 0) is 42.9 Å². The zero-order valence-electron chi connectivity index (χ0n) is 13.8. The average molecular weight is 281 g/mol. The van der Waals surface area contributed by atoms with E-state index in [9.17, 15) is 4.79 Å². The lowest BCUT2D eigenvalue weighted by Gasteiger charge is -2.47. The van der Waals surface area contributed by atoms with Gasteiger partial charge in [-0.15, -0.1) is 0 Å². The highest BCUT2D eigenvalue weighted by atomic mass is 16.5. The van der Waals surface area contributed by atoms with Crippen LogP contribution in [-0.4, -0.2) is 24.2 Å². The molecule has 2 rings (SSSR count). The molecule has 1 N–H and O–H groups in total. The molecule has 3 nitrogen and oxygen atoms in total. The van der Waals surface area contributed by atoms with E-state index in [0.29, 0.717) is 29.9 Å². The first kappa shape index (κ1) is 15.8. The number of esters is 1. The van der Waals surface area contributed by atoms with Crippen molar-refractivity contribution in [2.24, 2.45) is 17.3 Å². The summed E-state index contributed by atoms with van der Waals surface area (Å²) in [5, 5.41) is 3.67. The Kier molecular flexibility index (Phi) is 4.48. The summed E-state index contributed by atoms with van der Waals surface area (Å²) in [5.41, 5.74) is -0.0512. The number of cyclic esters (lactones) is 1. The Morgan fingerprint density at radius 1 is 1.35 bits per heavy atom. The molecule has 116 valence electrons. The van der Waals surface area contributed by atoms with Crippen LogP contribution >= 0.6 is 0 Å². The molecule has 1 aliphatic heterocycles. The second kappa shape index (κ2) is 5.67. The molecule has 2 fully saturated rings. The average Bonchev–Trinajstić information content (AvgIpc) is 2.41. The second-order valence-corrected chi connectivity index (χ2v) is 7.96. The van der Waals surface area contributed by atoms with E-state index >= 15 is 0 Å². The maximum atomic E-state index is 12.3. The van der Waals surface area contributed by atoms with Crippen LogP contribution in [0.25, 0.3) is 0 Å². The van der Waals surface area contributed by atoms with Gasteiger partial charge >= 0.3 is 5.97 Å². The Labute approximate surface area is 123 Å². The molecule has 0 aromatic heterocycles. The van der Waals surface area contributed by atoms with Crippen molar-refractivity contribution in [1.29, 1.82) is 0 Å². The minimum Gasteiger partial charge on any atom is -0.463 e. The number of ether oxygens (including phenoxy) is 1. The predicted octanol–water partition coefficient (Wildman–Crippen LogP) is 3.52. The van der Waals surface area contributed by atoms with Crippen LogP contribution in [0.3, 0.4) is 0 Å². The summed E-state index contributed by atoms with van der Waals surface area (Å²) in [6, 6.07) is 0.323. The molecule has 2 aliphatic rings. The van der Waals surface area contributed by atoms with Crippen molar-refractivity contribution in [3.63, 3.8) is 0 Å². The van der Waals surface area contributed by atoms with Gasteiger partial charge in [0.15, 0.2) is 0 Å². The quantitative estimate of drug-likeness (QED) is 0.787. The summed E-state index contributed by atoms with van der Waals surface area (Å²) in [5.74, 6) is 1.26. The zero-order chi connectivity index (χ0) is 15.0. The van der Waals surface area contributed by atoms with Gasteiger partial charge in [0.25, 0.3) is 0 Å². The monoisotopic (exact) mass is 281 g/mol. The fourth-order valence-electron chi connectivity index (χ4n) is 3.68. The fourth-order valence-corrected chi connectivity index (χ4v) is 3.68. The van der Waals surface area contributed by atoms with Crippen molar-refractivity contribution in [1.82, 2.24) is 5.32 Å². The number of morpholine rings is 1. The third kappa shape index (κ3) is 3.03. The molecule has 0 radical (unpaired) electrons. The van der Waals surface area contributed by atoms with Crippen molar-refractivity contribution in [3.05, 3.63) is 0 Å². The number of carbonyl (C=O) groups excluding carboxylic acids is 1. The molecule has 1 heterocycles. The predicted molar refractivity (Wildman–Crippen MR) is 81.5 cm³/mol. The van der Waals surface area contributed by atoms with E-state index in [1.807, 2.05) is 0 Å². The molecular formula is C17H31NO2. The van der Waals surface area contributed by atoms with Gasteiger partial charge in [-0.1, -0.05) is 41.0 Å². The van der Waals surface area contributed by atoms with Crippen molar-refractivity contribution in [2.75, 3.05) is 6.61 Å². The van der Waals surface area contributed by atoms with Crippen molar-refractivity contribution in [3.8, 4) is 0 Å². The van der Waals surface area contributed by atoms with Crippen LogP contribution in [-0.2, 0) is 9.53 Å². The lowest BCUT2D eigenvalue weighted by molar-refractivity contribution is -0.163. The fraction of sp³-hybridized carbons (Fsp3) is 0.941. The lowest BCUT2D eigenvalue weighted by atomic mass is 9.66. The standard InChI is InChI=1S/C17H31NO2/c1-6-12(2)14-11-20-15(19)17(18-14)9-7-13(8-10-17)16(3,4)5/h12-14,18H,6-11H2,1-5H3/t12?,13?,14-,17?/m1/s1. The lowest BCUT2D eigenvalue weighted by Crippen LogP contribution is -2.65. The Morgan fingerprint density at radius 2 is 1.95 bits per heavy atom. The summed E-state index contributed by atoms with van der Waals surface area (Å²) in [4.78, 5) is 12.3. The highest BCUT2D eigenvalue weighted by molar-refractivity contribution is 5.81. The Balaban J connectivity index is 2.05. The second-order valence-electron chi connectivity index (χ2n) is 7.96. The normalized spacial score (nSPS) is 36.8. The Hall–Kier alpha value is -0.570. The molecule has 2 atom stereocenters. The van der Waals surface area contributed by atoms with E-state index in [0.717, 1.165) is 32.1 Å². The van der Waals surface area contributed by atoms with Crippen LogP contribution in [0.4, 0.5) is 0 Å². The smallest absolute Gasteiger partial charge is 0.326 e. The first-order valence-corrected chi connectivity index (χ1v) is 8.23. The molecule has 3 heteroatoms. The van der Waals surface area contributed by atoms with Gasteiger partial charge in [-0.2, -0.15) is 0 Å². The molecule has 1 aliphatic carbocycles. The Bertz CT molecular complexity index is 350. The van der Waals surface area contributed by atoms with Crippen LogP contribution in [0, 0.1) is 17.3 Å². The molecule has 0 bridgehead atoms. The highest BCUT2D eigenvalue weighted by Gasteiger charge is 2.49. The van der Waals surface area contributed by atoms with E-state index in [2.05, 4.69) is 39.9 Å². The molecule has 1 saturated carbocycles. The van der Waals surface area contributed by atoms with Gasteiger partial charge in [-0.3, -0.25) is 10.1 Å². The first-order valence-electron chi connectivity index (χ1n) is 8.23. The number of rotatable bonds is 2. The van der Waals surface area contributed by atoms with Crippen LogP contribution in [0.2, 0.25) is 0 Å². The van der Waals surface area contributed by atoms with E-state index in [1.165, 1.54) is 0 Å². The minimum absolute atomic E-state index is 0.00980. The largest absolute Gasteiger partial charge is 0.463 e. The molecule has 1 unspecified atom stereocenters. The van der Waals surface area contributed by atoms with Crippen molar-refractivity contribution < 1.29 is 9.53 Å². The van der Waals surface area contributed by atoms with Gasteiger partial charge in [0, 0.05) is 6.04 Å². The molecule has 20 heavy (non-hydrogen) atoms. The summed E-state index contributed by atoms with van der Waals surface area (Å²) in [6.45, 7) is 11.9. The number of carbonyl (C=O) groups is 1. The summed E-state index contributed by atoms with van der Waals surface area (Å²) in [7, 11) is 0. The zero-order valence-corrected chi connectivity index (χ0v) is 13.8. The molecule has 0 aromatic carbocycles. The number of hydrogen-bond acceptors (Lipinski definition) is 3. The van der Waals surface area contributed by atoms with Gasteiger partial charge in [0.2, 0.25) is 0 Å². The third-order valence-electron chi connectivity index (χ3n) is 5.64. The van der Waals surface area contributed by atoms with Gasteiger partial charge in [0.1, 0.15) is 12.1 Å². The maximum absolute atomic E-state index is 12.3. The van der Waals surface area contributed by atoms with E-state index in [-0.39, 0.29) is 5.97 Å². The number of hydrogen-bond donors (Lipinski definition) is 1. The highest BCUT2D eigenvalue weighted by Crippen LogP contribution is 2.43. The van der Waals surface area contributed by atoms with Crippen LogP contribution in [0.5, 0.6) is 0 Å². The topological polar surface area (TPSA) is 38.3 Å². The maximum Gasteiger partial charge on any atom is 0.326 e. The SMILES string of the molecule is CCC(C)[C@H]1COC(=O)C2(CCC(C(C)(C)C)CC2)N1. The summed E-state index contributed by atoms with van der Waals surface area (Å²) >= 11 is 0. The minimum atomic E-state index is -0.395. The van der Waals surface area contributed by atoms with Crippen LogP contribution < -0.4 is 5.32 Å². The third-order valence-corrected chi connectivity index (χ3v) is 5.64. The first-order chi connectivity index (χ1) is 9.28. The molecule has 0 amide bonds. The van der Waals surface area contributed by atoms with Gasteiger partial charge in [-0.25, -0.2) is 0 Å². The number of nitrogens with one attached hydrogen (secondary N) is 1. The molecule has 1 saturated heterocycles. The summed E-state index contributed by atoms with van der Waals surface area (Å²) in [6.07, 6.45) is 5.23. The van der Waals surface area contributed by atoms with Crippen molar-refractivity contribution >= 4 is 5.97 Å². The van der Waals surface area contributed by atoms with E-state index in [1.54, 1.807) is 0 Å². The van der Waals surface area contributed by atoms with E-state index in [4.69, 9.17) is 4.74 Å². The Morgan fingerprint density at radius 3 is 2.45 bits per heavy atom. The van der Waals surface area contributed by atoms with Gasteiger partial charge < -0.3 is 4.74 Å². The van der Waals surface area contributed by atoms with E-state index < -0.39 is 5.54 Å². The van der Waals surface area contributed by atoms with Crippen LogP contribution in [0.1, 0.15) is 66.7 Å². The van der Waals surface area contributed by atoms with Crippen molar-refractivity contribution in [2.45, 2.75) is 78.3 Å². The van der Waals surface area contributed by atoms with Crippen LogP contribution in [0.15, 0.2) is 0 Å². The molecular weight excluding hydrogens is 250 g/mol. The summed E-state index contributed by atoms with van der Waals surface area (Å²) < 4.78 is 5.53. The molecule has 0 aromatic rings. The molecule has 1 spiro atoms.